The van der Waals surface area contributed by atoms with Crippen molar-refractivity contribution in [2.24, 2.45) is 0 Å². The van der Waals surface area contributed by atoms with Crippen LogP contribution in [0.3, 0.4) is 0 Å². The van der Waals surface area contributed by atoms with E-state index >= 15 is 0 Å². The maximum Gasteiger partial charge on any atom is 0.337 e. The number of halogens is 1. The summed E-state index contributed by atoms with van der Waals surface area (Å²) in [7, 11) is 0. The largest absolute Gasteiger partial charge is 0.489 e. The van der Waals surface area contributed by atoms with Gasteiger partial charge in [0.25, 0.3) is 0 Å². The molecule has 2 aromatic carbocycles. The maximum atomic E-state index is 11.4. The van der Waals surface area contributed by atoms with Gasteiger partial charge in [-0.15, -0.1) is 0 Å². The van der Waals surface area contributed by atoms with Crippen molar-refractivity contribution in [1.82, 2.24) is 0 Å². The Morgan fingerprint density at radius 3 is 2.82 bits per heavy atom. The van der Waals surface area contributed by atoms with E-state index in [1.807, 2.05) is 24.3 Å². The van der Waals surface area contributed by atoms with E-state index < -0.39 is 5.63 Å². The zero-order valence-corrected chi connectivity index (χ0v) is 12.1. The fourth-order valence-electron chi connectivity index (χ4n) is 2.12. The van der Waals surface area contributed by atoms with Crippen LogP contribution in [0, 0.1) is 11.3 Å². The first kappa shape index (κ1) is 14.2. The van der Waals surface area contributed by atoms with E-state index in [1.54, 1.807) is 24.3 Å². The molecule has 108 valence electrons. The van der Waals surface area contributed by atoms with Gasteiger partial charge in [0.05, 0.1) is 5.56 Å². The van der Waals surface area contributed by atoms with Crippen LogP contribution >= 0.6 is 11.6 Å². The van der Waals surface area contributed by atoms with Crippen molar-refractivity contribution in [2.75, 3.05) is 0 Å². The first-order valence-corrected chi connectivity index (χ1v) is 6.89. The molecular formula is C17H10ClNO3. The molecule has 0 N–H and O–H groups in total. The molecule has 0 bridgehead atoms. The molecule has 0 fully saturated rings. The van der Waals surface area contributed by atoms with Crippen LogP contribution in [-0.4, -0.2) is 0 Å². The molecule has 0 aliphatic rings. The second kappa shape index (κ2) is 5.92. The molecule has 0 atom stereocenters. The zero-order valence-electron chi connectivity index (χ0n) is 11.4. The SMILES string of the molecule is N#Cc1cc(=O)oc2cc(OCc3cccc(Cl)c3)ccc12. The molecule has 22 heavy (non-hydrogen) atoms. The average molecular weight is 312 g/mol. The molecule has 4 nitrogen and oxygen atoms in total. The van der Waals surface area contributed by atoms with Crippen LogP contribution in [0.1, 0.15) is 11.1 Å². The van der Waals surface area contributed by atoms with Crippen LogP contribution in [0.15, 0.2) is 57.7 Å². The first-order valence-electron chi connectivity index (χ1n) is 6.51. The van der Waals surface area contributed by atoms with Gasteiger partial charge in [-0.25, -0.2) is 4.79 Å². The molecule has 3 aromatic rings. The summed E-state index contributed by atoms with van der Waals surface area (Å²) in [4.78, 5) is 11.4. The van der Waals surface area contributed by atoms with Gasteiger partial charge >= 0.3 is 5.63 Å². The van der Waals surface area contributed by atoms with Gasteiger partial charge in [-0.3, -0.25) is 0 Å². The van der Waals surface area contributed by atoms with Gasteiger partial charge in [-0.05, 0) is 29.8 Å². The number of hydrogen-bond donors (Lipinski definition) is 0. The summed E-state index contributed by atoms with van der Waals surface area (Å²) in [5.41, 5.74) is 0.983. The summed E-state index contributed by atoms with van der Waals surface area (Å²) >= 11 is 5.92. The number of fused-ring (bicyclic) bond motifs is 1. The predicted octanol–water partition coefficient (Wildman–Crippen LogP) is 3.90. The van der Waals surface area contributed by atoms with Crippen LogP contribution in [0.4, 0.5) is 0 Å². The molecule has 5 heteroatoms. The predicted molar refractivity (Wildman–Crippen MR) is 83.0 cm³/mol. The van der Waals surface area contributed by atoms with Crippen LogP contribution in [0.5, 0.6) is 5.75 Å². The Labute approximate surface area is 131 Å². The van der Waals surface area contributed by atoms with Crippen molar-refractivity contribution >= 4 is 22.6 Å². The standard InChI is InChI=1S/C17H10ClNO3/c18-13-3-1-2-11(6-13)10-21-14-4-5-15-12(9-19)7-17(20)22-16(15)8-14/h1-8H,10H2. The highest BCUT2D eigenvalue weighted by molar-refractivity contribution is 6.30. The molecule has 0 radical (unpaired) electrons. The zero-order chi connectivity index (χ0) is 15.5. The lowest BCUT2D eigenvalue weighted by Crippen LogP contribution is -1.99. The maximum absolute atomic E-state index is 11.4. The number of nitrogens with zero attached hydrogens (tertiary/aromatic N) is 1. The third-order valence-corrected chi connectivity index (χ3v) is 3.37. The third-order valence-electron chi connectivity index (χ3n) is 3.13. The highest BCUT2D eigenvalue weighted by atomic mass is 35.5. The van der Waals surface area contributed by atoms with E-state index in [0.29, 0.717) is 28.3 Å². The Kier molecular flexibility index (Phi) is 3.82. The fourth-order valence-corrected chi connectivity index (χ4v) is 2.33. The topological polar surface area (TPSA) is 63.2 Å². The number of hydrogen-bond acceptors (Lipinski definition) is 4. The summed E-state index contributed by atoms with van der Waals surface area (Å²) in [5, 5.41) is 10.3. The summed E-state index contributed by atoms with van der Waals surface area (Å²) < 4.78 is 10.8. The highest BCUT2D eigenvalue weighted by Gasteiger charge is 2.07. The van der Waals surface area contributed by atoms with E-state index in [0.717, 1.165) is 5.56 Å². The molecule has 1 heterocycles. The van der Waals surface area contributed by atoms with Crippen molar-refractivity contribution in [2.45, 2.75) is 6.61 Å². The summed E-state index contributed by atoms with van der Waals surface area (Å²) in [6.45, 7) is 0.342. The average Bonchev–Trinajstić information content (AvgIpc) is 2.51. The van der Waals surface area contributed by atoms with Gasteiger partial charge in [0.2, 0.25) is 0 Å². The summed E-state index contributed by atoms with van der Waals surface area (Å²) in [6.07, 6.45) is 0. The summed E-state index contributed by atoms with van der Waals surface area (Å²) in [5.74, 6) is 0.547. The first-order chi connectivity index (χ1) is 10.7. The number of nitriles is 1. The van der Waals surface area contributed by atoms with Gasteiger partial charge in [-0.1, -0.05) is 23.7 Å². The number of rotatable bonds is 3. The Bertz CT molecular complexity index is 941. The molecule has 0 saturated heterocycles. The van der Waals surface area contributed by atoms with Crippen LogP contribution < -0.4 is 10.4 Å². The molecule has 1 aromatic heterocycles. The molecule has 3 rings (SSSR count). The Balaban J connectivity index is 1.89. The lowest BCUT2D eigenvalue weighted by molar-refractivity contribution is 0.306. The lowest BCUT2D eigenvalue weighted by atomic mass is 10.1. The molecule has 0 unspecified atom stereocenters. The van der Waals surface area contributed by atoms with Crippen molar-refractivity contribution in [3.63, 3.8) is 0 Å². The van der Waals surface area contributed by atoms with E-state index in [-0.39, 0.29) is 5.56 Å². The molecule has 0 saturated carbocycles. The Hall–Kier alpha value is -2.77. The van der Waals surface area contributed by atoms with Crippen molar-refractivity contribution < 1.29 is 9.15 Å². The quantitative estimate of drug-likeness (QED) is 0.688. The number of benzene rings is 2. The van der Waals surface area contributed by atoms with Crippen molar-refractivity contribution in [1.29, 1.82) is 5.26 Å². The van der Waals surface area contributed by atoms with Gasteiger partial charge in [0, 0.05) is 22.5 Å². The van der Waals surface area contributed by atoms with Crippen molar-refractivity contribution in [3.8, 4) is 11.8 Å². The molecule has 0 aliphatic heterocycles. The van der Waals surface area contributed by atoms with E-state index in [1.165, 1.54) is 6.07 Å². The lowest BCUT2D eigenvalue weighted by Gasteiger charge is -2.07. The smallest absolute Gasteiger partial charge is 0.337 e. The monoisotopic (exact) mass is 311 g/mol. The number of ether oxygens (including phenoxy) is 1. The Morgan fingerprint density at radius 2 is 2.05 bits per heavy atom. The molecular weight excluding hydrogens is 302 g/mol. The highest BCUT2D eigenvalue weighted by Crippen LogP contribution is 2.23. The van der Waals surface area contributed by atoms with E-state index in [9.17, 15) is 4.79 Å². The van der Waals surface area contributed by atoms with Gasteiger partial charge in [0.15, 0.2) is 0 Å². The second-order valence-corrected chi connectivity index (χ2v) is 5.10. The van der Waals surface area contributed by atoms with E-state index in [4.69, 9.17) is 26.0 Å². The third kappa shape index (κ3) is 2.95. The fraction of sp³-hybridized carbons (Fsp3) is 0.0588. The Morgan fingerprint density at radius 1 is 1.18 bits per heavy atom. The van der Waals surface area contributed by atoms with Crippen LogP contribution in [0.2, 0.25) is 5.02 Å². The van der Waals surface area contributed by atoms with Crippen LogP contribution in [0.25, 0.3) is 11.0 Å². The minimum absolute atomic E-state index is 0.285. The van der Waals surface area contributed by atoms with E-state index in [2.05, 4.69) is 0 Å². The summed E-state index contributed by atoms with van der Waals surface area (Å²) in [6, 6.07) is 15.5. The second-order valence-electron chi connectivity index (χ2n) is 4.67. The molecule has 0 aliphatic carbocycles. The minimum Gasteiger partial charge on any atom is -0.489 e. The molecule has 0 amide bonds. The van der Waals surface area contributed by atoms with Crippen LogP contribution in [-0.2, 0) is 6.61 Å². The molecule has 0 spiro atoms. The normalized spacial score (nSPS) is 10.4. The minimum atomic E-state index is -0.559. The van der Waals surface area contributed by atoms with Gasteiger partial charge < -0.3 is 9.15 Å². The van der Waals surface area contributed by atoms with Gasteiger partial charge in [-0.2, -0.15) is 5.26 Å². The van der Waals surface area contributed by atoms with Crippen molar-refractivity contribution in [3.05, 3.63) is 75.1 Å². The van der Waals surface area contributed by atoms with Gasteiger partial charge in [0.1, 0.15) is 24.0 Å².